The summed E-state index contributed by atoms with van der Waals surface area (Å²) in [7, 11) is -4.36. The maximum atomic E-state index is 10.9. The fraction of sp³-hybridized carbons (Fsp3) is 0.562. The van der Waals surface area contributed by atoms with E-state index in [2.05, 4.69) is 32.4 Å². The molecule has 0 bridgehead atoms. The van der Waals surface area contributed by atoms with Gasteiger partial charge < -0.3 is 34.8 Å². The Kier molecular flexibility index (Phi) is 6.11. The molecule has 1 aliphatic carbocycles. The third kappa shape index (κ3) is 4.51. The number of ether oxygens (including phenoxy) is 2. The maximum Gasteiger partial charge on any atom is 0.350 e. The van der Waals surface area contributed by atoms with Crippen LogP contribution >= 0.6 is 19.2 Å². The molecule has 14 heteroatoms. The molecule has 12 nitrogen and oxygen atoms in total. The molecule has 30 heavy (non-hydrogen) atoms. The average Bonchev–Trinajstić information content (AvgIpc) is 3.37. The number of aromatic nitrogens is 4. The third-order valence-corrected chi connectivity index (χ3v) is 5.58. The van der Waals surface area contributed by atoms with E-state index in [0.717, 1.165) is 12.8 Å². The summed E-state index contributed by atoms with van der Waals surface area (Å²) in [6.07, 6.45) is 1.64. The normalized spacial score (nSPS) is 27.4. The minimum Gasteiger partial charge on any atom is -0.387 e. The topological polar surface area (TPSA) is 172 Å². The van der Waals surface area contributed by atoms with Crippen LogP contribution in [0.15, 0.2) is 18.5 Å². The van der Waals surface area contributed by atoms with Gasteiger partial charge in [0, 0.05) is 6.04 Å². The fourth-order valence-corrected chi connectivity index (χ4v) is 4.00. The van der Waals surface area contributed by atoms with Crippen LogP contribution in [0, 0.1) is 0 Å². The zero-order chi connectivity index (χ0) is 21.5. The fourth-order valence-electron chi connectivity index (χ4n) is 3.49. The van der Waals surface area contributed by atoms with Crippen molar-refractivity contribution in [1.82, 2.24) is 19.5 Å². The Balaban J connectivity index is 1.55. The van der Waals surface area contributed by atoms with Gasteiger partial charge in [-0.2, -0.15) is 9.97 Å². The molecule has 0 spiro atoms. The first kappa shape index (κ1) is 21.6. The van der Waals surface area contributed by atoms with Crippen LogP contribution in [0.3, 0.4) is 0 Å². The summed E-state index contributed by atoms with van der Waals surface area (Å²) < 4.78 is 22.9. The molecular weight excluding hydrogens is 441 g/mol. The van der Waals surface area contributed by atoms with Gasteiger partial charge in [0.15, 0.2) is 23.2 Å². The molecule has 2 aliphatic rings. The number of aliphatic hydroxyl groups is 2. The Hall–Kier alpha value is -1.63. The molecule has 0 aromatic carbocycles. The van der Waals surface area contributed by atoms with Crippen molar-refractivity contribution in [1.29, 1.82) is 0 Å². The molecule has 0 saturated carbocycles. The van der Waals surface area contributed by atoms with Crippen molar-refractivity contribution in [2.24, 2.45) is 0 Å². The van der Waals surface area contributed by atoms with E-state index >= 15 is 0 Å². The molecule has 1 saturated heterocycles. The third-order valence-electron chi connectivity index (χ3n) is 4.90. The van der Waals surface area contributed by atoms with Crippen molar-refractivity contribution in [3.05, 3.63) is 23.8 Å². The highest BCUT2D eigenvalue weighted by atomic mass is 35.5. The number of nitrogens with one attached hydrogen (secondary N) is 1. The van der Waals surface area contributed by atoms with Gasteiger partial charge >= 0.3 is 7.60 Å². The molecule has 164 valence electrons. The van der Waals surface area contributed by atoms with Crippen LogP contribution in [0.1, 0.15) is 19.1 Å². The van der Waals surface area contributed by atoms with Crippen LogP contribution in [0.2, 0.25) is 5.28 Å². The van der Waals surface area contributed by atoms with Gasteiger partial charge in [-0.3, -0.25) is 9.13 Å². The van der Waals surface area contributed by atoms with Crippen LogP contribution in [0.4, 0.5) is 5.82 Å². The monoisotopic (exact) mass is 461 g/mol. The number of fused-ring (bicyclic) bond motifs is 1. The first-order valence-electron chi connectivity index (χ1n) is 9.18. The van der Waals surface area contributed by atoms with Crippen molar-refractivity contribution in [2.45, 2.75) is 43.4 Å². The van der Waals surface area contributed by atoms with E-state index < -0.39 is 38.5 Å². The van der Waals surface area contributed by atoms with Crippen molar-refractivity contribution >= 4 is 36.2 Å². The van der Waals surface area contributed by atoms with Gasteiger partial charge in [-0.05, 0) is 24.4 Å². The van der Waals surface area contributed by atoms with E-state index in [9.17, 15) is 14.8 Å². The van der Waals surface area contributed by atoms with E-state index in [-0.39, 0.29) is 17.9 Å². The first-order valence-corrected chi connectivity index (χ1v) is 11.4. The van der Waals surface area contributed by atoms with Gasteiger partial charge in [-0.1, -0.05) is 12.2 Å². The van der Waals surface area contributed by atoms with Crippen molar-refractivity contribution in [3.63, 3.8) is 0 Å². The first-order chi connectivity index (χ1) is 14.2. The van der Waals surface area contributed by atoms with E-state index in [1.807, 2.05) is 0 Å². The van der Waals surface area contributed by atoms with Crippen LogP contribution in [0.25, 0.3) is 11.2 Å². The van der Waals surface area contributed by atoms with E-state index in [1.165, 1.54) is 10.9 Å². The highest BCUT2D eigenvalue weighted by Gasteiger charge is 2.44. The number of rotatable bonds is 7. The van der Waals surface area contributed by atoms with Gasteiger partial charge in [-0.15, -0.1) is 0 Å². The summed E-state index contributed by atoms with van der Waals surface area (Å²) in [5, 5.41) is 24.0. The molecule has 4 rings (SSSR count). The summed E-state index contributed by atoms with van der Waals surface area (Å²) in [4.78, 5) is 30.4. The molecule has 5 N–H and O–H groups in total. The lowest BCUT2D eigenvalue weighted by Crippen LogP contribution is -2.33. The smallest absolute Gasteiger partial charge is 0.350 e. The summed E-state index contributed by atoms with van der Waals surface area (Å²) >= 11 is 6.08. The number of hydrogen-bond acceptors (Lipinski definition) is 9. The Morgan fingerprint density at radius 3 is 2.70 bits per heavy atom. The lowest BCUT2D eigenvalue weighted by atomic mass is 10.1. The molecule has 3 heterocycles. The summed E-state index contributed by atoms with van der Waals surface area (Å²) in [5.41, 5.74) is 0.731. The predicted octanol–water partition coefficient (Wildman–Crippen LogP) is 0.381. The maximum absolute atomic E-state index is 10.9. The molecule has 2 aromatic rings. The summed E-state index contributed by atoms with van der Waals surface area (Å²) in [5.74, 6) is 0.451. The quantitative estimate of drug-likeness (QED) is 0.219. The summed E-state index contributed by atoms with van der Waals surface area (Å²) in [6, 6.07) is 0.162. The Morgan fingerprint density at radius 1 is 1.27 bits per heavy atom. The van der Waals surface area contributed by atoms with Gasteiger partial charge in [0.1, 0.15) is 24.7 Å². The van der Waals surface area contributed by atoms with Crippen LogP contribution in [-0.4, -0.2) is 76.8 Å². The Morgan fingerprint density at radius 2 is 2.00 bits per heavy atom. The zero-order valence-electron chi connectivity index (χ0n) is 15.6. The van der Waals surface area contributed by atoms with Gasteiger partial charge in [0.2, 0.25) is 5.28 Å². The number of hydrogen-bond donors (Lipinski definition) is 5. The van der Waals surface area contributed by atoms with Gasteiger partial charge in [0.25, 0.3) is 0 Å². The van der Waals surface area contributed by atoms with Gasteiger partial charge in [-0.25, -0.2) is 4.98 Å². The van der Waals surface area contributed by atoms with Crippen molar-refractivity contribution in [3.8, 4) is 0 Å². The van der Waals surface area contributed by atoms with Crippen LogP contribution < -0.4 is 5.32 Å². The second-order valence-electron chi connectivity index (χ2n) is 7.16. The second-order valence-corrected chi connectivity index (χ2v) is 9.09. The van der Waals surface area contributed by atoms with Crippen molar-refractivity contribution < 1.29 is 34.0 Å². The number of halogens is 1. The lowest BCUT2D eigenvalue weighted by Gasteiger charge is -2.17. The highest BCUT2D eigenvalue weighted by Crippen LogP contribution is 2.36. The van der Waals surface area contributed by atoms with E-state index in [0.29, 0.717) is 17.0 Å². The molecular formula is C16H21ClN5O7P. The highest BCUT2D eigenvalue weighted by molar-refractivity contribution is 7.51. The molecule has 0 unspecified atom stereocenters. The minimum atomic E-state index is -4.36. The zero-order valence-corrected chi connectivity index (χ0v) is 17.2. The number of aliphatic hydroxyl groups excluding tert-OH is 2. The average molecular weight is 462 g/mol. The standard InChI is InChI=1S/C16H21ClN5O7P/c17-16-20-13(19-8-3-1-2-4-8)10-14(21-16)22(6-18-10)15-12(24)11(23)9(29-15)5-28-7-30(25,26)27/h1-2,6,8-9,11-12,15,23-24H,3-5,7H2,(H,19,20,21)(H2,25,26,27)/t9-,11-,12-,15-/m1/s1. The molecule has 0 amide bonds. The second kappa shape index (κ2) is 8.48. The lowest BCUT2D eigenvalue weighted by molar-refractivity contribution is -0.0612. The van der Waals surface area contributed by atoms with Crippen LogP contribution in [0.5, 0.6) is 0 Å². The van der Waals surface area contributed by atoms with Gasteiger partial charge in [0.05, 0.1) is 12.9 Å². The number of imidazole rings is 1. The Bertz CT molecular complexity index is 990. The number of nitrogens with zero attached hydrogens (tertiary/aromatic N) is 4. The molecule has 4 atom stereocenters. The molecule has 2 aromatic heterocycles. The van der Waals surface area contributed by atoms with E-state index in [4.69, 9.17) is 30.9 Å². The predicted molar refractivity (Wildman–Crippen MR) is 105 cm³/mol. The SMILES string of the molecule is O=P(O)(O)COC[C@H]1O[C@@H](n2cnc3c(NC4CC=CC4)nc(Cl)nc32)[C@H](O)[C@@H]1O. The van der Waals surface area contributed by atoms with E-state index in [1.54, 1.807) is 0 Å². The van der Waals surface area contributed by atoms with Crippen LogP contribution in [-0.2, 0) is 14.0 Å². The molecule has 1 fully saturated rings. The Labute approximate surface area is 175 Å². The minimum absolute atomic E-state index is 0.0210. The van der Waals surface area contributed by atoms with Crippen molar-refractivity contribution in [2.75, 3.05) is 18.3 Å². The largest absolute Gasteiger partial charge is 0.387 e. The summed E-state index contributed by atoms with van der Waals surface area (Å²) in [6.45, 7) is -0.316. The molecule has 1 aliphatic heterocycles. The number of anilines is 1. The molecule has 0 radical (unpaired) electrons.